The lowest BCUT2D eigenvalue weighted by atomic mass is 10.00. The van der Waals surface area contributed by atoms with Gasteiger partial charge in [-0.2, -0.15) is 0 Å². The summed E-state index contributed by atoms with van der Waals surface area (Å²) in [6.45, 7) is 1.57. The molecule has 0 radical (unpaired) electrons. The second-order valence-electron chi connectivity index (χ2n) is 5.39. The first-order valence-corrected chi connectivity index (χ1v) is 7.19. The van der Waals surface area contributed by atoms with Crippen LogP contribution in [0.3, 0.4) is 0 Å². The van der Waals surface area contributed by atoms with Gasteiger partial charge in [-0.25, -0.2) is 0 Å². The monoisotopic (exact) mass is 286 g/mol. The summed E-state index contributed by atoms with van der Waals surface area (Å²) in [5.74, 6) is 0.0228. The fourth-order valence-electron chi connectivity index (χ4n) is 2.93. The maximum Gasteiger partial charge on any atom is 0.227 e. The zero-order chi connectivity index (χ0) is 15.1. The normalized spacial score (nSPS) is 11.1. The Bertz CT molecular complexity index is 1010. The van der Waals surface area contributed by atoms with Gasteiger partial charge in [0, 0.05) is 41.9 Å². The average Bonchev–Trinajstić information content (AvgIpc) is 2.97. The highest BCUT2D eigenvalue weighted by molar-refractivity contribution is 5.99. The zero-order valence-corrected chi connectivity index (χ0v) is 12.2. The second kappa shape index (κ2) is 4.81. The molecule has 0 saturated heterocycles. The third-order valence-corrected chi connectivity index (χ3v) is 4.01. The Morgan fingerprint density at radius 1 is 1.00 bits per heavy atom. The predicted octanol–water partition coefficient (Wildman–Crippen LogP) is 4.52. The number of hydrogen-bond donors (Lipinski definition) is 0. The van der Waals surface area contributed by atoms with Gasteiger partial charge in [-0.1, -0.05) is 30.3 Å². The number of fused-ring (bicyclic) bond motifs is 2. The molecule has 4 aromatic rings. The van der Waals surface area contributed by atoms with Crippen molar-refractivity contribution in [2.24, 2.45) is 0 Å². The van der Waals surface area contributed by atoms with Crippen molar-refractivity contribution in [2.45, 2.75) is 6.92 Å². The number of nitrogens with zero attached hydrogens (tertiary/aromatic N) is 2. The molecule has 106 valence electrons. The third-order valence-electron chi connectivity index (χ3n) is 4.01. The number of benzene rings is 2. The summed E-state index contributed by atoms with van der Waals surface area (Å²) >= 11 is 0. The molecule has 0 bridgehead atoms. The first-order valence-electron chi connectivity index (χ1n) is 7.19. The standard InChI is InChI=1S/C19H14N2O/c1-13(22)21-9-8-15-10-14(6-7-19(15)21)18-12-20-11-16-4-2-3-5-17(16)18/h2-12H,1H3. The van der Waals surface area contributed by atoms with Crippen LogP contribution >= 0.6 is 0 Å². The quantitative estimate of drug-likeness (QED) is 0.516. The van der Waals surface area contributed by atoms with Crippen LogP contribution in [0.15, 0.2) is 67.1 Å². The molecule has 0 unspecified atom stereocenters. The Hall–Kier alpha value is -2.94. The largest absolute Gasteiger partial charge is 0.287 e. The van der Waals surface area contributed by atoms with Gasteiger partial charge in [0.1, 0.15) is 0 Å². The Kier molecular flexibility index (Phi) is 2.79. The molecular weight excluding hydrogens is 272 g/mol. The van der Waals surface area contributed by atoms with E-state index in [1.807, 2.05) is 48.9 Å². The summed E-state index contributed by atoms with van der Waals surface area (Å²) in [6.07, 6.45) is 5.59. The molecule has 0 spiro atoms. The maximum absolute atomic E-state index is 11.6. The van der Waals surface area contributed by atoms with E-state index in [4.69, 9.17) is 0 Å². The van der Waals surface area contributed by atoms with Gasteiger partial charge in [0.25, 0.3) is 0 Å². The topological polar surface area (TPSA) is 34.9 Å². The van der Waals surface area contributed by atoms with Crippen LogP contribution < -0.4 is 0 Å². The average molecular weight is 286 g/mol. The van der Waals surface area contributed by atoms with Crippen molar-refractivity contribution < 1.29 is 4.79 Å². The third kappa shape index (κ3) is 1.91. The van der Waals surface area contributed by atoms with Crippen LogP contribution in [0.2, 0.25) is 0 Å². The Morgan fingerprint density at radius 2 is 1.86 bits per heavy atom. The number of carbonyl (C=O) groups is 1. The summed E-state index contributed by atoms with van der Waals surface area (Å²) in [5, 5.41) is 3.37. The summed E-state index contributed by atoms with van der Waals surface area (Å²) in [7, 11) is 0. The van der Waals surface area contributed by atoms with E-state index < -0.39 is 0 Å². The molecule has 0 N–H and O–H groups in total. The lowest BCUT2D eigenvalue weighted by molar-refractivity contribution is 0.0941. The molecule has 0 amide bonds. The predicted molar refractivity (Wildman–Crippen MR) is 89.0 cm³/mol. The first kappa shape index (κ1) is 12.8. The molecule has 3 nitrogen and oxygen atoms in total. The SMILES string of the molecule is CC(=O)n1ccc2cc(-c3cncc4ccccc34)ccc21. The Balaban J connectivity index is 1.95. The van der Waals surface area contributed by atoms with Crippen molar-refractivity contribution in [3.8, 4) is 11.1 Å². The van der Waals surface area contributed by atoms with E-state index in [2.05, 4.69) is 23.2 Å². The number of aromatic nitrogens is 2. The number of hydrogen-bond acceptors (Lipinski definition) is 2. The molecule has 2 aromatic carbocycles. The minimum Gasteiger partial charge on any atom is -0.287 e. The molecule has 0 aliphatic carbocycles. The molecule has 3 heteroatoms. The molecule has 2 aromatic heterocycles. The van der Waals surface area contributed by atoms with Gasteiger partial charge >= 0.3 is 0 Å². The highest BCUT2D eigenvalue weighted by Crippen LogP contribution is 2.30. The molecule has 0 aliphatic rings. The van der Waals surface area contributed by atoms with E-state index >= 15 is 0 Å². The molecule has 22 heavy (non-hydrogen) atoms. The van der Waals surface area contributed by atoms with Gasteiger partial charge < -0.3 is 0 Å². The summed E-state index contributed by atoms with van der Waals surface area (Å²) < 4.78 is 1.67. The summed E-state index contributed by atoms with van der Waals surface area (Å²) in [5.41, 5.74) is 3.15. The van der Waals surface area contributed by atoms with Crippen molar-refractivity contribution in [3.05, 3.63) is 67.1 Å². The van der Waals surface area contributed by atoms with Crippen molar-refractivity contribution in [1.82, 2.24) is 9.55 Å². The van der Waals surface area contributed by atoms with Gasteiger partial charge in [0.15, 0.2) is 0 Å². The van der Waals surface area contributed by atoms with Crippen LogP contribution in [0.1, 0.15) is 11.7 Å². The van der Waals surface area contributed by atoms with E-state index in [0.29, 0.717) is 0 Å². The van der Waals surface area contributed by atoms with E-state index in [0.717, 1.165) is 27.4 Å². The molecule has 4 rings (SSSR count). The molecular formula is C19H14N2O. The lowest BCUT2D eigenvalue weighted by Gasteiger charge is -2.07. The number of carbonyl (C=O) groups excluding carboxylic acids is 1. The van der Waals surface area contributed by atoms with Crippen molar-refractivity contribution >= 4 is 27.6 Å². The number of pyridine rings is 1. The van der Waals surface area contributed by atoms with E-state index in [9.17, 15) is 4.79 Å². The first-order chi connectivity index (χ1) is 10.7. The van der Waals surface area contributed by atoms with Crippen molar-refractivity contribution in [1.29, 1.82) is 0 Å². The Morgan fingerprint density at radius 3 is 2.73 bits per heavy atom. The minimum absolute atomic E-state index is 0.0228. The van der Waals surface area contributed by atoms with Gasteiger partial charge in [-0.3, -0.25) is 14.3 Å². The fourth-order valence-corrected chi connectivity index (χ4v) is 2.93. The van der Waals surface area contributed by atoms with Crippen LogP contribution in [0, 0.1) is 0 Å². The summed E-state index contributed by atoms with van der Waals surface area (Å²) in [6, 6.07) is 16.4. The zero-order valence-electron chi connectivity index (χ0n) is 12.2. The highest BCUT2D eigenvalue weighted by atomic mass is 16.1. The van der Waals surface area contributed by atoms with E-state index in [1.54, 1.807) is 11.5 Å². The van der Waals surface area contributed by atoms with Gasteiger partial charge in [0.2, 0.25) is 5.91 Å². The van der Waals surface area contributed by atoms with Crippen LogP contribution in [0.5, 0.6) is 0 Å². The summed E-state index contributed by atoms with van der Waals surface area (Å²) in [4.78, 5) is 15.9. The Labute approximate surface area is 127 Å². The lowest BCUT2D eigenvalue weighted by Crippen LogP contribution is -2.02. The molecule has 0 aliphatic heterocycles. The highest BCUT2D eigenvalue weighted by Gasteiger charge is 2.08. The molecule has 0 fully saturated rings. The number of rotatable bonds is 1. The van der Waals surface area contributed by atoms with Crippen LogP contribution in [0.25, 0.3) is 32.8 Å². The second-order valence-corrected chi connectivity index (χ2v) is 5.39. The molecule has 0 atom stereocenters. The smallest absolute Gasteiger partial charge is 0.227 e. The van der Waals surface area contributed by atoms with Crippen molar-refractivity contribution in [3.63, 3.8) is 0 Å². The maximum atomic E-state index is 11.6. The fraction of sp³-hybridized carbons (Fsp3) is 0.0526. The molecule has 2 heterocycles. The van der Waals surface area contributed by atoms with E-state index in [-0.39, 0.29) is 5.91 Å². The van der Waals surface area contributed by atoms with E-state index in [1.165, 1.54) is 5.39 Å². The van der Waals surface area contributed by atoms with Crippen LogP contribution in [-0.2, 0) is 0 Å². The van der Waals surface area contributed by atoms with Crippen LogP contribution in [-0.4, -0.2) is 15.5 Å². The van der Waals surface area contributed by atoms with Gasteiger partial charge in [-0.15, -0.1) is 0 Å². The van der Waals surface area contributed by atoms with Gasteiger partial charge in [0.05, 0.1) is 5.52 Å². The van der Waals surface area contributed by atoms with Crippen molar-refractivity contribution in [2.75, 3.05) is 0 Å². The molecule has 0 saturated carbocycles. The van der Waals surface area contributed by atoms with Gasteiger partial charge in [-0.05, 0) is 29.1 Å². The van der Waals surface area contributed by atoms with Crippen LogP contribution in [0.4, 0.5) is 0 Å². The minimum atomic E-state index is 0.0228.